The minimum Gasteiger partial charge on any atom is -0.324 e. The summed E-state index contributed by atoms with van der Waals surface area (Å²) in [7, 11) is 0. The smallest absolute Gasteiger partial charge is 0.233 e. The van der Waals surface area contributed by atoms with Gasteiger partial charge in [0.25, 0.3) is 0 Å². The summed E-state index contributed by atoms with van der Waals surface area (Å²) in [5.41, 5.74) is 1.76. The third kappa shape index (κ3) is 0.897. The van der Waals surface area contributed by atoms with Gasteiger partial charge in [0.1, 0.15) is 0 Å². The van der Waals surface area contributed by atoms with Crippen LogP contribution in [0.5, 0.6) is 0 Å². The van der Waals surface area contributed by atoms with Crippen LogP contribution in [-0.4, -0.2) is 10.9 Å². The second-order valence-electron chi connectivity index (χ2n) is 2.89. The number of anilines is 1. The highest BCUT2D eigenvalue weighted by Gasteiger charge is 2.29. The van der Waals surface area contributed by atoms with Crippen molar-refractivity contribution in [2.45, 2.75) is 19.3 Å². The molecule has 0 aromatic carbocycles. The first-order valence-corrected chi connectivity index (χ1v) is 4.08. The molecule has 0 aliphatic carbocycles. The van der Waals surface area contributed by atoms with Crippen molar-refractivity contribution in [3.8, 4) is 0 Å². The third-order valence-corrected chi connectivity index (χ3v) is 2.15. The number of hydrogen-bond donors (Lipinski definition) is 1. The summed E-state index contributed by atoms with van der Waals surface area (Å²) in [5.74, 6) is 0.0346. The third-order valence-electron chi connectivity index (χ3n) is 2.15. The fourth-order valence-corrected chi connectivity index (χ4v) is 1.52. The molecule has 1 aromatic rings. The number of fused-ring (bicyclic) bond motifs is 1. The molecule has 2 heterocycles. The molecule has 0 bridgehead atoms. The fourth-order valence-electron chi connectivity index (χ4n) is 1.52. The van der Waals surface area contributed by atoms with Gasteiger partial charge in [-0.05, 0) is 18.6 Å². The summed E-state index contributed by atoms with van der Waals surface area (Å²) >= 11 is 0. The Morgan fingerprint density at radius 2 is 2.50 bits per heavy atom. The van der Waals surface area contributed by atoms with Crippen molar-refractivity contribution in [3.63, 3.8) is 0 Å². The monoisotopic (exact) mass is 162 g/mol. The van der Waals surface area contributed by atoms with Crippen molar-refractivity contribution in [1.82, 2.24) is 4.98 Å². The van der Waals surface area contributed by atoms with Crippen LogP contribution in [0.15, 0.2) is 18.3 Å². The first-order valence-electron chi connectivity index (χ1n) is 4.08. The Labute approximate surface area is 70.8 Å². The van der Waals surface area contributed by atoms with Crippen LogP contribution in [-0.2, 0) is 4.79 Å². The first kappa shape index (κ1) is 7.28. The summed E-state index contributed by atoms with van der Waals surface area (Å²) in [6, 6.07) is 3.72. The molecule has 3 nitrogen and oxygen atoms in total. The van der Waals surface area contributed by atoms with Crippen molar-refractivity contribution < 1.29 is 4.79 Å². The second kappa shape index (κ2) is 2.59. The van der Waals surface area contributed by atoms with E-state index < -0.39 is 0 Å². The minimum atomic E-state index is -0.0406. The highest BCUT2D eigenvalue weighted by atomic mass is 16.2. The zero-order valence-electron chi connectivity index (χ0n) is 6.87. The Balaban J connectivity index is 2.47. The van der Waals surface area contributed by atoms with Gasteiger partial charge in [0.2, 0.25) is 5.91 Å². The molecule has 1 aliphatic rings. The van der Waals surface area contributed by atoms with Gasteiger partial charge < -0.3 is 5.32 Å². The van der Waals surface area contributed by atoms with E-state index in [1.165, 1.54) is 0 Å². The lowest BCUT2D eigenvalue weighted by Crippen LogP contribution is -2.11. The largest absolute Gasteiger partial charge is 0.324 e. The van der Waals surface area contributed by atoms with E-state index in [0.29, 0.717) is 0 Å². The lowest BCUT2D eigenvalue weighted by Gasteiger charge is -2.01. The Bertz CT molecular complexity index is 322. The van der Waals surface area contributed by atoms with Crippen molar-refractivity contribution in [2.24, 2.45) is 0 Å². The maximum atomic E-state index is 11.3. The summed E-state index contributed by atoms with van der Waals surface area (Å²) in [6.07, 6.45) is 2.54. The van der Waals surface area contributed by atoms with E-state index in [0.717, 1.165) is 17.8 Å². The van der Waals surface area contributed by atoms with E-state index in [1.807, 2.05) is 19.1 Å². The van der Waals surface area contributed by atoms with Crippen LogP contribution in [0.1, 0.15) is 25.0 Å². The van der Waals surface area contributed by atoms with Gasteiger partial charge in [-0.15, -0.1) is 0 Å². The molecular weight excluding hydrogens is 152 g/mol. The molecule has 3 heteroatoms. The molecule has 1 unspecified atom stereocenters. The van der Waals surface area contributed by atoms with Crippen LogP contribution in [0, 0.1) is 0 Å². The SMILES string of the molecule is CCC1C(=O)Nc2cccnc21. The van der Waals surface area contributed by atoms with E-state index in [1.54, 1.807) is 6.20 Å². The van der Waals surface area contributed by atoms with E-state index in [9.17, 15) is 4.79 Å². The predicted octanol–water partition coefficient (Wildman–Crippen LogP) is 1.53. The average molecular weight is 162 g/mol. The number of carbonyl (C=O) groups excluding carboxylic acids is 1. The number of amides is 1. The Morgan fingerprint density at radius 1 is 1.67 bits per heavy atom. The number of hydrogen-bond acceptors (Lipinski definition) is 2. The van der Waals surface area contributed by atoms with E-state index >= 15 is 0 Å². The second-order valence-corrected chi connectivity index (χ2v) is 2.89. The summed E-state index contributed by atoms with van der Waals surface area (Å²) in [4.78, 5) is 15.5. The zero-order chi connectivity index (χ0) is 8.55. The van der Waals surface area contributed by atoms with Crippen LogP contribution in [0.4, 0.5) is 5.69 Å². The standard InChI is InChI=1S/C9H10N2O/c1-2-6-8-7(11-9(6)12)4-3-5-10-8/h3-6H,2H2,1H3,(H,11,12). The van der Waals surface area contributed by atoms with Crippen LogP contribution in [0.25, 0.3) is 0 Å². The van der Waals surface area contributed by atoms with Gasteiger partial charge in [-0.2, -0.15) is 0 Å². The zero-order valence-corrected chi connectivity index (χ0v) is 6.87. The van der Waals surface area contributed by atoms with Crippen molar-refractivity contribution in [2.75, 3.05) is 5.32 Å². The molecule has 1 atom stereocenters. The highest BCUT2D eigenvalue weighted by Crippen LogP contribution is 2.31. The number of nitrogens with zero attached hydrogens (tertiary/aromatic N) is 1. The number of aromatic nitrogens is 1. The Morgan fingerprint density at radius 3 is 3.25 bits per heavy atom. The van der Waals surface area contributed by atoms with Gasteiger partial charge in [-0.1, -0.05) is 6.92 Å². The molecule has 2 rings (SSSR count). The molecule has 0 spiro atoms. The molecule has 0 fully saturated rings. The number of pyridine rings is 1. The Hall–Kier alpha value is -1.38. The lowest BCUT2D eigenvalue weighted by atomic mass is 10.0. The molecule has 0 saturated carbocycles. The molecule has 1 N–H and O–H groups in total. The maximum absolute atomic E-state index is 11.3. The predicted molar refractivity (Wildman–Crippen MR) is 45.9 cm³/mol. The lowest BCUT2D eigenvalue weighted by molar-refractivity contribution is -0.117. The van der Waals surface area contributed by atoms with Gasteiger partial charge in [-0.3, -0.25) is 9.78 Å². The van der Waals surface area contributed by atoms with Crippen LogP contribution >= 0.6 is 0 Å². The number of carbonyl (C=O) groups is 1. The molecule has 12 heavy (non-hydrogen) atoms. The molecule has 0 saturated heterocycles. The van der Waals surface area contributed by atoms with Gasteiger partial charge in [0.15, 0.2) is 0 Å². The quantitative estimate of drug-likeness (QED) is 0.680. The fraction of sp³-hybridized carbons (Fsp3) is 0.333. The van der Waals surface area contributed by atoms with E-state index in [4.69, 9.17) is 0 Å². The topological polar surface area (TPSA) is 42.0 Å². The molecule has 62 valence electrons. The number of rotatable bonds is 1. The van der Waals surface area contributed by atoms with Crippen LogP contribution in [0.3, 0.4) is 0 Å². The number of nitrogens with one attached hydrogen (secondary N) is 1. The average Bonchev–Trinajstić information content (AvgIpc) is 2.40. The summed E-state index contributed by atoms with van der Waals surface area (Å²) < 4.78 is 0. The van der Waals surface area contributed by atoms with Gasteiger partial charge >= 0.3 is 0 Å². The van der Waals surface area contributed by atoms with Crippen molar-refractivity contribution in [3.05, 3.63) is 24.0 Å². The summed E-state index contributed by atoms with van der Waals surface area (Å²) in [5, 5.41) is 2.80. The minimum absolute atomic E-state index is 0.0406. The maximum Gasteiger partial charge on any atom is 0.233 e. The Kier molecular flexibility index (Phi) is 1.57. The molecule has 1 aliphatic heterocycles. The first-order chi connectivity index (χ1) is 5.83. The highest BCUT2D eigenvalue weighted by molar-refractivity contribution is 6.01. The molecule has 1 aromatic heterocycles. The van der Waals surface area contributed by atoms with Crippen LogP contribution < -0.4 is 5.32 Å². The van der Waals surface area contributed by atoms with Crippen molar-refractivity contribution in [1.29, 1.82) is 0 Å². The molecular formula is C9H10N2O. The van der Waals surface area contributed by atoms with E-state index in [2.05, 4.69) is 10.3 Å². The molecule has 1 amide bonds. The van der Waals surface area contributed by atoms with Gasteiger partial charge in [-0.25, -0.2) is 0 Å². The van der Waals surface area contributed by atoms with Crippen molar-refractivity contribution >= 4 is 11.6 Å². The van der Waals surface area contributed by atoms with Gasteiger partial charge in [0.05, 0.1) is 17.3 Å². The normalized spacial score (nSPS) is 20.4. The molecule has 0 radical (unpaired) electrons. The van der Waals surface area contributed by atoms with Crippen LogP contribution in [0.2, 0.25) is 0 Å². The van der Waals surface area contributed by atoms with Gasteiger partial charge in [0, 0.05) is 6.20 Å². The van der Waals surface area contributed by atoms with E-state index in [-0.39, 0.29) is 11.8 Å². The summed E-state index contributed by atoms with van der Waals surface area (Å²) in [6.45, 7) is 1.99.